The van der Waals surface area contributed by atoms with E-state index in [1.807, 2.05) is 6.92 Å². The molecule has 2 heterocycles. The first kappa shape index (κ1) is 22.9. The normalized spacial score (nSPS) is 21.6. The van der Waals surface area contributed by atoms with Crippen LogP contribution in [0.5, 0.6) is 0 Å². The van der Waals surface area contributed by atoms with Crippen molar-refractivity contribution in [3.8, 4) is 0 Å². The zero-order valence-electron chi connectivity index (χ0n) is 18.3. The highest BCUT2D eigenvalue weighted by Crippen LogP contribution is 2.24. The summed E-state index contributed by atoms with van der Waals surface area (Å²) < 4.78 is 13.1. The van der Waals surface area contributed by atoms with Crippen LogP contribution in [0.25, 0.3) is 0 Å². The van der Waals surface area contributed by atoms with E-state index in [4.69, 9.17) is 0 Å². The Bertz CT molecular complexity index is 840. The van der Waals surface area contributed by atoms with Crippen LogP contribution in [-0.4, -0.2) is 52.5 Å². The highest BCUT2D eigenvalue weighted by Gasteiger charge is 2.35. The zero-order valence-corrected chi connectivity index (χ0v) is 18.3. The molecule has 168 valence electrons. The molecule has 0 aromatic heterocycles. The average Bonchev–Trinajstić information content (AvgIpc) is 2.76. The Balaban J connectivity index is 1.68. The number of likely N-dealkylation sites (tertiary alicyclic amines) is 1. The van der Waals surface area contributed by atoms with Crippen LogP contribution in [0.1, 0.15) is 57.9 Å². The second-order valence-corrected chi connectivity index (χ2v) is 8.35. The molecule has 1 N–H and O–H groups in total. The number of carbonyl (C=O) groups is 3. The monoisotopic (exact) mass is 430 g/mol. The molecule has 1 saturated heterocycles. The summed E-state index contributed by atoms with van der Waals surface area (Å²) in [5, 5.41) is 8.59. The third kappa shape index (κ3) is 5.89. The Kier molecular flexibility index (Phi) is 7.76. The van der Waals surface area contributed by atoms with E-state index >= 15 is 0 Å². The molecule has 0 bridgehead atoms. The van der Waals surface area contributed by atoms with Gasteiger partial charge in [-0.3, -0.25) is 14.4 Å². The molecule has 1 aromatic rings. The topological polar surface area (TPSA) is 82.1 Å². The van der Waals surface area contributed by atoms with Gasteiger partial charge in [-0.15, -0.1) is 0 Å². The molecule has 0 saturated carbocycles. The number of hydrogen-bond donors (Lipinski definition) is 1. The summed E-state index contributed by atoms with van der Waals surface area (Å²) in [6.07, 6.45) is 3.95. The van der Waals surface area contributed by atoms with Gasteiger partial charge in [0.1, 0.15) is 11.5 Å². The van der Waals surface area contributed by atoms with Crippen molar-refractivity contribution in [2.45, 2.75) is 65.0 Å². The third-order valence-corrected chi connectivity index (χ3v) is 5.94. The van der Waals surface area contributed by atoms with Gasteiger partial charge in [0.15, 0.2) is 0 Å². The number of carbonyl (C=O) groups excluding carboxylic acids is 3. The van der Waals surface area contributed by atoms with Crippen LogP contribution in [0.15, 0.2) is 29.4 Å². The largest absolute Gasteiger partial charge is 0.356 e. The lowest BCUT2D eigenvalue weighted by atomic mass is 9.92. The minimum Gasteiger partial charge on any atom is -0.356 e. The molecule has 0 spiro atoms. The number of halogens is 1. The standard InChI is InChI=1S/C23H31FN4O3/c1-3-4-13-25-22(30)18-8-5-16(2)27(15-18)23(31)20-11-12-21(29)28(26-20)14-17-6-9-19(24)10-7-17/h6-7,9-10,16,18H,3-5,8,11-15H2,1-2H3,(H,25,30). The van der Waals surface area contributed by atoms with Gasteiger partial charge in [0.05, 0.1) is 12.5 Å². The summed E-state index contributed by atoms with van der Waals surface area (Å²) in [6, 6.07) is 5.88. The summed E-state index contributed by atoms with van der Waals surface area (Å²) in [4.78, 5) is 39.7. The van der Waals surface area contributed by atoms with Crippen molar-refractivity contribution in [2.24, 2.45) is 11.0 Å². The molecule has 3 amide bonds. The Morgan fingerprint density at radius 3 is 2.65 bits per heavy atom. The maximum Gasteiger partial charge on any atom is 0.270 e. The number of nitrogens with one attached hydrogen (secondary N) is 1. The fourth-order valence-corrected chi connectivity index (χ4v) is 3.94. The predicted octanol–water partition coefficient (Wildman–Crippen LogP) is 2.85. The fraction of sp³-hybridized carbons (Fsp3) is 0.565. The molecule has 2 aliphatic heterocycles. The molecule has 1 aromatic carbocycles. The van der Waals surface area contributed by atoms with Gasteiger partial charge in [0.2, 0.25) is 11.8 Å². The molecular formula is C23H31FN4O3. The van der Waals surface area contributed by atoms with E-state index in [1.54, 1.807) is 17.0 Å². The van der Waals surface area contributed by atoms with Crippen LogP contribution >= 0.6 is 0 Å². The SMILES string of the molecule is CCCCNC(=O)C1CCC(C)N(C(=O)C2=NN(Cc3ccc(F)cc3)C(=O)CC2)C1. The van der Waals surface area contributed by atoms with Crippen molar-refractivity contribution >= 4 is 23.4 Å². The van der Waals surface area contributed by atoms with E-state index in [0.29, 0.717) is 18.8 Å². The fourth-order valence-electron chi connectivity index (χ4n) is 3.94. The number of amides is 3. The van der Waals surface area contributed by atoms with Crippen molar-refractivity contribution < 1.29 is 18.8 Å². The number of hydrogen-bond acceptors (Lipinski definition) is 4. The second kappa shape index (κ2) is 10.5. The third-order valence-electron chi connectivity index (χ3n) is 5.94. The van der Waals surface area contributed by atoms with Crippen molar-refractivity contribution in [3.05, 3.63) is 35.6 Å². The molecule has 8 heteroatoms. The van der Waals surface area contributed by atoms with Crippen molar-refractivity contribution in [1.29, 1.82) is 0 Å². The molecule has 7 nitrogen and oxygen atoms in total. The molecule has 2 aliphatic rings. The summed E-state index contributed by atoms with van der Waals surface area (Å²) >= 11 is 0. The lowest BCUT2D eigenvalue weighted by molar-refractivity contribution is -0.134. The van der Waals surface area contributed by atoms with E-state index in [-0.39, 0.29) is 54.9 Å². The molecular weight excluding hydrogens is 399 g/mol. The van der Waals surface area contributed by atoms with E-state index in [2.05, 4.69) is 17.3 Å². The Labute approximate surface area is 182 Å². The number of unbranched alkanes of at least 4 members (excludes halogenated alkanes) is 1. The van der Waals surface area contributed by atoms with E-state index < -0.39 is 0 Å². The lowest BCUT2D eigenvalue weighted by Gasteiger charge is -2.38. The molecule has 31 heavy (non-hydrogen) atoms. The summed E-state index contributed by atoms with van der Waals surface area (Å²) in [6.45, 7) is 5.26. The van der Waals surface area contributed by atoms with Gasteiger partial charge in [0.25, 0.3) is 5.91 Å². The first-order valence-corrected chi connectivity index (χ1v) is 11.1. The number of piperidine rings is 1. The van der Waals surface area contributed by atoms with Crippen molar-refractivity contribution in [1.82, 2.24) is 15.2 Å². The minimum atomic E-state index is -0.347. The first-order valence-electron chi connectivity index (χ1n) is 11.1. The number of nitrogens with zero attached hydrogens (tertiary/aromatic N) is 3. The predicted molar refractivity (Wildman–Crippen MR) is 115 cm³/mol. The number of hydrazone groups is 1. The van der Waals surface area contributed by atoms with Crippen LogP contribution in [-0.2, 0) is 20.9 Å². The Hall–Kier alpha value is -2.77. The molecule has 2 unspecified atom stereocenters. The summed E-state index contributed by atoms with van der Waals surface area (Å²) in [5.41, 5.74) is 1.07. The maximum atomic E-state index is 13.2. The molecule has 0 radical (unpaired) electrons. The summed E-state index contributed by atoms with van der Waals surface area (Å²) in [7, 11) is 0. The lowest BCUT2D eigenvalue weighted by Crippen LogP contribution is -2.52. The molecule has 3 rings (SSSR count). The number of rotatable bonds is 7. The van der Waals surface area contributed by atoms with Crippen LogP contribution in [0, 0.1) is 11.7 Å². The molecule has 2 atom stereocenters. The quantitative estimate of drug-likeness (QED) is 0.676. The number of benzene rings is 1. The first-order chi connectivity index (χ1) is 14.9. The zero-order chi connectivity index (χ0) is 22.4. The van der Waals surface area contributed by atoms with E-state index in [0.717, 1.165) is 31.2 Å². The van der Waals surface area contributed by atoms with Crippen LogP contribution < -0.4 is 5.32 Å². The Morgan fingerprint density at radius 1 is 1.19 bits per heavy atom. The van der Waals surface area contributed by atoms with Crippen LogP contribution in [0.3, 0.4) is 0 Å². The van der Waals surface area contributed by atoms with E-state index in [9.17, 15) is 18.8 Å². The van der Waals surface area contributed by atoms with Gasteiger partial charge < -0.3 is 10.2 Å². The smallest absolute Gasteiger partial charge is 0.270 e. The highest BCUT2D eigenvalue weighted by atomic mass is 19.1. The van der Waals surface area contributed by atoms with Gasteiger partial charge >= 0.3 is 0 Å². The minimum absolute atomic E-state index is 0.00292. The van der Waals surface area contributed by atoms with Crippen LogP contribution in [0.4, 0.5) is 4.39 Å². The Morgan fingerprint density at radius 2 is 1.94 bits per heavy atom. The molecule has 1 fully saturated rings. The highest BCUT2D eigenvalue weighted by molar-refractivity contribution is 6.39. The second-order valence-electron chi connectivity index (χ2n) is 8.35. The van der Waals surface area contributed by atoms with Crippen molar-refractivity contribution in [2.75, 3.05) is 13.1 Å². The average molecular weight is 431 g/mol. The van der Waals surface area contributed by atoms with Crippen LogP contribution in [0.2, 0.25) is 0 Å². The van der Waals surface area contributed by atoms with Gasteiger partial charge in [-0.25, -0.2) is 9.40 Å². The van der Waals surface area contributed by atoms with Gasteiger partial charge in [-0.1, -0.05) is 25.5 Å². The van der Waals surface area contributed by atoms with Gasteiger partial charge in [0, 0.05) is 32.0 Å². The van der Waals surface area contributed by atoms with Gasteiger partial charge in [-0.2, -0.15) is 5.10 Å². The summed E-state index contributed by atoms with van der Waals surface area (Å²) in [5.74, 6) is -0.952. The molecule has 0 aliphatic carbocycles. The van der Waals surface area contributed by atoms with Gasteiger partial charge in [-0.05, 0) is 43.9 Å². The van der Waals surface area contributed by atoms with E-state index in [1.165, 1.54) is 17.1 Å². The maximum absolute atomic E-state index is 13.2. The van der Waals surface area contributed by atoms with Crippen molar-refractivity contribution in [3.63, 3.8) is 0 Å².